The molecule has 0 aliphatic heterocycles. The van der Waals surface area contributed by atoms with Crippen LogP contribution in [0.1, 0.15) is 12.7 Å². The van der Waals surface area contributed by atoms with Crippen LogP contribution in [0.3, 0.4) is 0 Å². The second kappa shape index (κ2) is 4.81. The number of aliphatic hydroxyl groups excluding tert-OH is 1. The summed E-state index contributed by atoms with van der Waals surface area (Å²) >= 11 is 0. The lowest BCUT2D eigenvalue weighted by Gasteiger charge is -1.94. The number of hydrogen-bond acceptors (Lipinski definition) is 5. The van der Waals surface area contributed by atoms with E-state index in [1.807, 2.05) is 0 Å². The number of aliphatic hydroxyl groups is 1. The van der Waals surface area contributed by atoms with Gasteiger partial charge >= 0.3 is 11.7 Å². The zero-order chi connectivity index (χ0) is 11.3. The van der Waals surface area contributed by atoms with Crippen LogP contribution in [0, 0.1) is 5.39 Å². The van der Waals surface area contributed by atoms with Gasteiger partial charge in [-0.05, 0) is 19.1 Å². The molecule has 1 aromatic heterocycles. The minimum absolute atomic E-state index is 0.0239. The van der Waals surface area contributed by atoms with Gasteiger partial charge in [-0.3, -0.25) is 0 Å². The van der Waals surface area contributed by atoms with Crippen molar-refractivity contribution in [2.75, 3.05) is 6.61 Å². The van der Waals surface area contributed by atoms with E-state index in [2.05, 4.69) is 9.71 Å². The number of furan rings is 1. The van der Waals surface area contributed by atoms with Crippen molar-refractivity contribution in [3.05, 3.63) is 34.8 Å². The molecule has 15 heavy (non-hydrogen) atoms. The van der Waals surface area contributed by atoms with Gasteiger partial charge in [0.25, 0.3) is 5.76 Å². The highest BCUT2D eigenvalue weighted by molar-refractivity contribution is 5.97. The van der Waals surface area contributed by atoms with E-state index in [4.69, 9.17) is 9.81 Å². The quantitative estimate of drug-likeness (QED) is 0.355. The van der Waals surface area contributed by atoms with Crippen LogP contribution < -0.4 is 0 Å². The van der Waals surface area contributed by atoms with Crippen LogP contribution >= 0.6 is 0 Å². The Morgan fingerprint density at radius 3 is 2.93 bits per heavy atom. The molecular weight excluding hydrogens is 200 g/mol. The van der Waals surface area contributed by atoms with E-state index in [-0.39, 0.29) is 12.4 Å². The summed E-state index contributed by atoms with van der Waals surface area (Å²) in [6.45, 7) is 1.71. The molecule has 0 fully saturated rings. The maximum atomic E-state index is 11.2. The highest BCUT2D eigenvalue weighted by Crippen LogP contribution is 2.18. The highest BCUT2D eigenvalue weighted by atomic mass is 16.5. The largest absolute Gasteiger partial charge is 0.513 e. The molecule has 0 saturated carbocycles. The molecule has 1 heterocycles. The fourth-order valence-corrected chi connectivity index (χ4v) is 0.914. The van der Waals surface area contributed by atoms with Crippen LogP contribution in [0.15, 0.2) is 28.5 Å². The average molecular weight is 209 g/mol. The van der Waals surface area contributed by atoms with Gasteiger partial charge in [0.15, 0.2) is 10.7 Å². The van der Waals surface area contributed by atoms with Gasteiger partial charge < -0.3 is 14.3 Å². The standard InChI is InChI=1S/C9H8N2O4/c1-2-14-9(13)7(11-10)8(12)6-4-3-5-15-6/h3-5H,2H2,1H3/p+1. The monoisotopic (exact) mass is 209 g/mol. The molecule has 1 aromatic rings. The van der Waals surface area contributed by atoms with Gasteiger partial charge in [-0.1, -0.05) is 0 Å². The molecule has 0 aliphatic carbocycles. The van der Waals surface area contributed by atoms with E-state index >= 15 is 0 Å². The number of diazo groups is 1. The number of nitrogens with zero attached hydrogens (tertiary/aromatic N) is 2. The Hall–Kier alpha value is -2.29. The molecule has 1 N–H and O–H groups in total. The number of ether oxygens (including phenoxy) is 1. The number of esters is 1. The summed E-state index contributed by atoms with van der Waals surface area (Å²) in [5.41, 5.74) is -0.591. The lowest BCUT2D eigenvalue weighted by Crippen LogP contribution is -2.07. The SMILES string of the molecule is CCOC(=O)/C([N+]#N)=C(\O)c1ccco1. The first kappa shape index (κ1) is 10.8. The lowest BCUT2D eigenvalue weighted by atomic mass is 10.3. The Morgan fingerprint density at radius 2 is 2.47 bits per heavy atom. The third-order valence-electron chi connectivity index (χ3n) is 1.55. The Bertz CT molecular complexity index is 414. The van der Waals surface area contributed by atoms with Gasteiger partial charge in [0.2, 0.25) is 5.39 Å². The average Bonchev–Trinajstić information content (AvgIpc) is 2.71. The van der Waals surface area contributed by atoms with Gasteiger partial charge in [-0.25, -0.2) is 4.79 Å². The molecule has 0 aromatic carbocycles. The van der Waals surface area contributed by atoms with Gasteiger partial charge in [-0.15, -0.1) is 0 Å². The summed E-state index contributed by atoms with van der Waals surface area (Å²) < 4.78 is 9.38. The second-order valence-electron chi connectivity index (χ2n) is 2.49. The first-order chi connectivity index (χ1) is 7.20. The molecular formula is C9H9N2O4+. The van der Waals surface area contributed by atoms with Crippen LogP contribution in [0.4, 0.5) is 0 Å². The maximum Gasteiger partial charge on any atom is 0.513 e. The minimum atomic E-state index is -0.922. The highest BCUT2D eigenvalue weighted by Gasteiger charge is 2.32. The molecule has 6 heteroatoms. The van der Waals surface area contributed by atoms with Crippen LogP contribution in [0.2, 0.25) is 0 Å². The molecule has 0 radical (unpaired) electrons. The van der Waals surface area contributed by atoms with Crippen molar-refractivity contribution >= 4 is 11.7 Å². The van der Waals surface area contributed by atoms with E-state index in [9.17, 15) is 9.90 Å². The summed E-state index contributed by atoms with van der Waals surface area (Å²) in [5.74, 6) is -1.47. The van der Waals surface area contributed by atoms with E-state index in [0.717, 1.165) is 0 Å². The summed E-state index contributed by atoms with van der Waals surface area (Å²) in [5, 5.41) is 18.1. The van der Waals surface area contributed by atoms with Crippen molar-refractivity contribution in [1.29, 1.82) is 5.39 Å². The van der Waals surface area contributed by atoms with E-state index in [1.165, 1.54) is 18.4 Å². The fraction of sp³-hybridized carbons (Fsp3) is 0.222. The number of carbonyl (C=O) groups excluding carboxylic acids is 1. The molecule has 0 saturated heterocycles. The minimum Gasteiger partial charge on any atom is -0.498 e. The Morgan fingerprint density at radius 1 is 1.73 bits per heavy atom. The summed E-state index contributed by atoms with van der Waals surface area (Å²) in [6, 6.07) is 2.94. The Kier molecular flexibility index (Phi) is 3.46. The van der Waals surface area contributed by atoms with Crippen molar-refractivity contribution in [3.8, 4) is 0 Å². The molecule has 0 spiro atoms. The van der Waals surface area contributed by atoms with E-state index in [1.54, 1.807) is 6.92 Å². The smallest absolute Gasteiger partial charge is 0.498 e. The third kappa shape index (κ3) is 2.34. The molecule has 0 unspecified atom stereocenters. The van der Waals surface area contributed by atoms with Gasteiger partial charge in [0.1, 0.15) is 0 Å². The van der Waals surface area contributed by atoms with Crippen LogP contribution in [-0.4, -0.2) is 17.7 Å². The topological polar surface area (TPSA) is 87.8 Å². The second-order valence-corrected chi connectivity index (χ2v) is 2.49. The molecule has 0 amide bonds. The van der Waals surface area contributed by atoms with Gasteiger partial charge in [0, 0.05) is 0 Å². The van der Waals surface area contributed by atoms with Crippen LogP contribution in [-0.2, 0) is 9.53 Å². The third-order valence-corrected chi connectivity index (χ3v) is 1.55. The van der Waals surface area contributed by atoms with Crippen molar-refractivity contribution in [2.24, 2.45) is 0 Å². The zero-order valence-corrected chi connectivity index (χ0v) is 8.01. The summed E-state index contributed by atoms with van der Waals surface area (Å²) in [4.78, 5) is 13.8. The predicted molar refractivity (Wildman–Crippen MR) is 50.0 cm³/mol. The van der Waals surface area contributed by atoms with Crippen molar-refractivity contribution in [2.45, 2.75) is 6.92 Å². The van der Waals surface area contributed by atoms with Crippen molar-refractivity contribution < 1.29 is 19.1 Å². The zero-order valence-electron chi connectivity index (χ0n) is 8.01. The molecule has 0 aliphatic rings. The molecule has 0 bridgehead atoms. The molecule has 1 rings (SSSR count). The first-order valence-electron chi connectivity index (χ1n) is 4.20. The van der Waals surface area contributed by atoms with E-state index in [0.29, 0.717) is 0 Å². The van der Waals surface area contributed by atoms with Gasteiger partial charge in [-0.2, -0.15) is 0 Å². The number of carbonyl (C=O) groups is 1. The number of hydrogen-bond donors (Lipinski definition) is 1. The predicted octanol–water partition coefficient (Wildman–Crippen LogP) is 1.92. The Labute approximate surface area is 85.4 Å². The van der Waals surface area contributed by atoms with Gasteiger partial charge in [0.05, 0.1) is 12.9 Å². The normalized spacial score (nSPS) is 11.5. The van der Waals surface area contributed by atoms with Crippen LogP contribution in [0.5, 0.6) is 0 Å². The number of rotatable bonds is 3. The molecule has 6 nitrogen and oxygen atoms in total. The Balaban J connectivity index is 3.05. The van der Waals surface area contributed by atoms with Crippen LogP contribution in [0.25, 0.3) is 10.7 Å². The van der Waals surface area contributed by atoms with Crippen molar-refractivity contribution in [3.63, 3.8) is 0 Å². The lowest BCUT2D eigenvalue weighted by molar-refractivity contribution is -0.138. The molecule has 78 valence electrons. The maximum absolute atomic E-state index is 11.2. The first-order valence-corrected chi connectivity index (χ1v) is 4.20. The summed E-state index contributed by atoms with van der Waals surface area (Å²) in [6.07, 6.45) is 1.31. The van der Waals surface area contributed by atoms with E-state index < -0.39 is 17.4 Å². The summed E-state index contributed by atoms with van der Waals surface area (Å²) in [7, 11) is 0. The van der Waals surface area contributed by atoms with Crippen molar-refractivity contribution in [1.82, 2.24) is 0 Å². The fourth-order valence-electron chi connectivity index (χ4n) is 0.914. The molecule has 0 atom stereocenters.